The molecule has 0 bridgehead atoms. The summed E-state index contributed by atoms with van der Waals surface area (Å²) >= 11 is 0. The lowest BCUT2D eigenvalue weighted by atomic mass is 9.64. The molecule has 0 radical (unpaired) electrons. The summed E-state index contributed by atoms with van der Waals surface area (Å²) < 4.78 is 0. The minimum absolute atomic E-state index is 0.575. The van der Waals surface area contributed by atoms with Gasteiger partial charge in [-0.15, -0.1) is 0 Å². The van der Waals surface area contributed by atoms with Crippen molar-refractivity contribution in [2.24, 2.45) is 0 Å². The van der Waals surface area contributed by atoms with E-state index in [-0.39, 0.29) is 0 Å². The van der Waals surface area contributed by atoms with Crippen molar-refractivity contribution in [2.75, 3.05) is 5.73 Å². The van der Waals surface area contributed by atoms with Gasteiger partial charge in [-0.2, -0.15) is 25.2 Å². The van der Waals surface area contributed by atoms with Crippen LogP contribution in [0.4, 0.5) is 5.69 Å². The maximum absolute atomic E-state index is 9.95. The van der Waals surface area contributed by atoms with Crippen LogP contribution in [0.25, 0.3) is 27.7 Å². The summed E-state index contributed by atoms with van der Waals surface area (Å²) in [6.45, 7) is 1.16. The largest absolute Gasteiger partial charge is 0.447 e. The van der Waals surface area contributed by atoms with E-state index in [0.717, 1.165) is 27.7 Å². The van der Waals surface area contributed by atoms with E-state index in [1.54, 1.807) is 24.0 Å². The first-order valence-electron chi connectivity index (χ1n) is 7.83. The Bertz CT molecular complexity index is 1050. The molecule has 3 N–H and O–H groups in total. The Morgan fingerprint density at radius 1 is 1.08 bits per heavy atom. The van der Waals surface area contributed by atoms with Gasteiger partial charge >= 0.3 is 6.92 Å². The second-order valence-corrected chi connectivity index (χ2v) is 5.80. The van der Waals surface area contributed by atoms with E-state index in [0.29, 0.717) is 11.2 Å². The molecule has 0 saturated carbocycles. The van der Waals surface area contributed by atoms with Crippen LogP contribution in [0.3, 0.4) is 0 Å². The van der Waals surface area contributed by atoms with Gasteiger partial charge in [-0.3, -0.25) is 0 Å². The number of nitrogen functional groups attached to an aromatic ring is 1. The lowest BCUT2D eigenvalue weighted by Crippen LogP contribution is -2.26. The van der Waals surface area contributed by atoms with E-state index in [1.165, 1.54) is 6.20 Å². The van der Waals surface area contributed by atoms with E-state index < -0.39 is 6.92 Å². The van der Waals surface area contributed by atoms with E-state index in [4.69, 9.17) is 5.73 Å². The predicted molar refractivity (Wildman–Crippen MR) is 97.8 cm³/mol. The van der Waals surface area contributed by atoms with Crippen molar-refractivity contribution in [3.05, 3.63) is 55.0 Å². The molecule has 0 fully saturated rings. The highest BCUT2D eigenvalue weighted by Crippen LogP contribution is 2.29. The Labute approximate surface area is 144 Å². The third-order valence-electron chi connectivity index (χ3n) is 4.12. The molecule has 0 aliphatic rings. The van der Waals surface area contributed by atoms with Crippen LogP contribution in [0.15, 0.2) is 55.0 Å². The van der Waals surface area contributed by atoms with E-state index in [9.17, 15) is 5.02 Å². The van der Waals surface area contributed by atoms with Gasteiger partial charge in [-0.25, -0.2) is 0 Å². The number of anilines is 1. The van der Waals surface area contributed by atoms with Gasteiger partial charge in [0.25, 0.3) is 0 Å². The van der Waals surface area contributed by atoms with Gasteiger partial charge in [0.2, 0.25) is 0 Å². The zero-order chi connectivity index (χ0) is 17.4. The molecule has 2 aromatic heterocycles. The second-order valence-electron chi connectivity index (χ2n) is 5.80. The average Bonchev–Trinajstić information content (AvgIpc) is 3.15. The van der Waals surface area contributed by atoms with E-state index >= 15 is 0 Å². The highest BCUT2D eigenvalue weighted by Gasteiger charge is 2.14. The summed E-state index contributed by atoms with van der Waals surface area (Å²) in [5.41, 5.74) is 10.7. The normalized spacial score (nSPS) is 11.0. The van der Waals surface area contributed by atoms with E-state index in [1.807, 2.05) is 36.4 Å². The third-order valence-corrected chi connectivity index (χ3v) is 4.12. The van der Waals surface area contributed by atoms with Crippen LogP contribution < -0.4 is 11.2 Å². The van der Waals surface area contributed by atoms with Crippen LogP contribution >= 0.6 is 0 Å². The molecular formula is C17H15BN6O. The van der Waals surface area contributed by atoms with Crippen LogP contribution in [-0.4, -0.2) is 37.1 Å². The molecule has 25 heavy (non-hydrogen) atoms. The standard InChI is InChI=1S/C17H15BN6O/c1-18(25)12-3-5-17(24-21-6-7-22-24)14(9-12)11-2-4-13-15(19)10-20-23-16(13)8-11/h2-10,25H,1H3,(H2,19,23). The summed E-state index contributed by atoms with van der Waals surface area (Å²) in [7, 11) is 0. The van der Waals surface area contributed by atoms with Crippen molar-refractivity contribution < 1.29 is 5.02 Å². The van der Waals surface area contributed by atoms with Gasteiger partial charge in [-0.05, 0) is 29.2 Å². The van der Waals surface area contributed by atoms with Gasteiger partial charge in [0.15, 0.2) is 0 Å². The first kappa shape index (κ1) is 15.3. The summed E-state index contributed by atoms with van der Waals surface area (Å²) in [5.74, 6) is 0. The Morgan fingerprint density at radius 3 is 2.64 bits per heavy atom. The molecular weight excluding hydrogens is 315 g/mol. The zero-order valence-electron chi connectivity index (χ0n) is 13.5. The molecule has 4 rings (SSSR count). The minimum Gasteiger partial charge on any atom is -0.447 e. The van der Waals surface area contributed by atoms with Crippen molar-refractivity contribution in [3.63, 3.8) is 0 Å². The zero-order valence-corrected chi connectivity index (χ0v) is 13.5. The van der Waals surface area contributed by atoms with Crippen LogP contribution in [0.2, 0.25) is 6.82 Å². The fourth-order valence-electron chi connectivity index (χ4n) is 2.81. The number of nitrogens with zero attached hydrogens (tertiary/aromatic N) is 5. The predicted octanol–water partition coefficient (Wildman–Crippen LogP) is 1.28. The molecule has 0 unspecified atom stereocenters. The highest BCUT2D eigenvalue weighted by molar-refractivity contribution is 6.64. The molecule has 4 aromatic rings. The molecule has 7 nitrogen and oxygen atoms in total. The Morgan fingerprint density at radius 2 is 1.88 bits per heavy atom. The summed E-state index contributed by atoms with van der Waals surface area (Å²) in [5, 5.41) is 27.3. The molecule has 0 aliphatic carbocycles. The molecule has 122 valence electrons. The molecule has 0 aliphatic heterocycles. The SMILES string of the molecule is CB(O)c1ccc(-n2nccn2)c(-c2ccc3c(N)cnnc3c2)c1. The van der Waals surface area contributed by atoms with Crippen molar-refractivity contribution in [2.45, 2.75) is 6.82 Å². The maximum Gasteiger partial charge on any atom is 0.320 e. The van der Waals surface area contributed by atoms with Crippen LogP contribution in [0.5, 0.6) is 0 Å². The minimum atomic E-state index is -0.575. The van der Waals surface area contributed by atoms with Gasteiger partial charge in [0.1, 0.15) is 0 Å². The number of nitrogens with two attached hydrogens (primary N) is 1. The number of hydrogen-bond acceptors (Lipinski definition) is 6. The van der Waals surface area contributed by atoms with Gasteiger partial charge in [0.05, 0.1) is 35.5 Å². The van der Waals surface area contributed by atoms with Crippen molar-refractivity contribution in [3.8, 4) is 16.8 Å². The summed E-state index contributed by atoms with van der Waals surface area (Å²) in [6, 6.07) is 11.5. The number of hydrogen-bond donors (Lipinski definition) is 2. The smallest absolute Gasteiger partial charge is 0.320 e. The lowest BCUT2D eigenvalue weighted by Gasteiger charge is -2.12. The topological polar surface area (TPSA) is 103 Å². The first-order chi connectivity index (χ1) is 12.1. The van der Waals surface area contributed by atoms with E-state index in [2.05, 4.69) is 20.4 Å². The number of aromatic nitrogens is 5. The lowest BCUT2D eigenvalue weighted by molar-refractivity contribution is 0.594. The summed E-state index contributed by atoms with van der Waals surface area (Å²) in [4.78, 5) is 1.55. The molecule has 2 heterocycles. The molecule has 0 spiro atoms. The Hall–Kier alpha value is -3.26. The monoisotopic (exact) mass is 330 g/mol. The molecule has 2 aromatic carbocycles. The van der Waals surface area contributed by atoms with Crippen LogP contribution in [0, 0.1) is 0 Å². The number of benzene rings is 2. The maximum atomic E-state index is 9.95. The van der Waals surface area contributed by atoms with Crippen molar-refractivity contribution in [1.82, 2.24) is 25.2 Å². The Balaban J connectivity index is 1.95. The number of fused-ring (bicyclic) bond motifs is 1. The molecule has 0 atom stereocenters. The van der Waals surface area contributed by atoms with Crippen molar-refractivity contribution >= 4 is 29.0 Å². The van der Waals surface area contributed by atoms with Crippen LogP contribution in [0.1, 0.15) is 0 Å². The molecule has 0 saturated heterocycles. The van der Waals surface area contributed by atoms with Crippen molar-refractivity contribution in [1.29, 1.82) is 0 Å². The van der Waals surface area contributed by atoms with Gasteiger partial charge < -0.3 is 10.8 Å². The first-order valence-corrected chi connectivity index (χ1v) is 7.83. The average molecular weight is 330 g/mol. The third kappa shape index (κ3) is 2.72. The quantitative estimate of drug-likeness (QED) is 0.549. The second kappa shape index (κ2) is 5.99. The summed E-state index contributed by atoms with van der Waals surface area (Å²) in [6.07, 6.45) is 4.78. The molecule has 8 heteroatoms. The van der Waals surface area contributed by atoms with Gasteiger partial charge in [0, 0.05) is 10.9 Å². The highest BCUT2D eigenvalue weighted by atomic mass is 16.2. The fourth-order valence-corrected chi connectivity index (χ4v) is 2.81. The Kier molecular flexibility index (Phi) is 3.66. The number of rotatable bonds is 3. The van der Waals surface area contributed by atoms with Crippen LogP contribution in [-0.2, 0) is 0 Å². The molecule has 0 amide bonds. The fraction of sp³-hybridized carbons (Fsp3) is 0.0588. The van der Waals surface area contributed by atoms with Gasteiger partial charge in [-0.1, -0.05) is 25.0 Å².